The molecule has 0 saturated heterocycles. The lowest BCUT2D eigenvalue weighted by Crippen LogP contribution is -2.06. The van der Waals surface area contributed by atoms with Crippen LogP contribution in [0.5, 0.6) is 0 Å². The van der Waals surface area contributed by atoms with Gasteiger partial charge in [-0.05, 0) is 47.5 Å². The van der Waals surface area contributed by atoms with E-state index in [4.69, 9.17) is 0 Å². The Morgan fingerprint density at radius 3 is 0.971 bits per heavy atom. The van der Waals surface area contributed by atoms with Gasteiger partial charge in [-0.2, -0.15) is 0 Å². The van der Waals surface area contributed by atoms with Gasteiger partial charge in [0, 0.05) is 0 Å². The molecule has 0 heterocycles. The highest BCUT2D eigenvalue weighted by molar-refractivity contribution is 8.01. The average Bonchev–Trinajstić information content (AvgIpc) is 2.88. The van der Waals surface area contributed by atoms with Gasteiger partial charge in [0.25, 0.3) is 0 Å². The van der Waals surface area contributed by atoms with Crippen LogP contribution in [0.15, 0.2) is 143 Å². The fourth-order valence-corrected chi connectivity index (χ4v) is 6.42. The van der Waals surface area contributed by atoms with Crippen molar-refractivity contribution in [1.82, 2.24) is 0 Å². The van der Waals surface area contributed by atoms with Crippen molar-refractivity contribution in [2.75, 3.05) is 0 Å². The Balaban J connectivity index is 1.96. The van der Waals surface area contributed by atoms with E-state index in [1.165, 1.54) is 36.4 Å². The van der Waals surface area contributed by atoms with E-state index in [-0.39, 0.29) is 19.6 Å². The van der Waals surface area contributed by atoms with Crippen LogP contribution >= 0.6 is 0 Å². The summed E-state index contributed by atoms with van der Waals surface area (Å²) in [5.74, 6) is 0. The molecule has 4 aromatic rings. The Morgan fingerprint density at radius 1 is 0.412 bits per heavy atom. The highest BCUT2D eigenvalue weighted by atomic mass is 32.2. The third-order valence-electron chi connectivity index (χ3n) is 5.19. The predicted molar refractivity (Wildman–Crippen MR) is 136 cm³/mol. The summed E-state index contributed by atoms with van der Waals surface area (Å²) in [6, 6.07) is 33.5. The van der Waals surface area contributed by atoms with Crippen molar-refractivity contribution in [2.45, 2.75) is 9.79 Å². The van der Waals surface area contributed by atoms with Gasteiger partial charge in [0.15, 0.2) is 0 Å². The summed E-state index contributed by atoms with van der Waals surface area (Å²) in [5, 5.41) is 0. The second kappa shape index (κ2) is 10.0. The van der Waals surface area contributed by atoms with E-state index >= 15 is 0 Å². The van der Waals surface area contributed by atoms with E-state index in [2.05, 4.69) is 0 Å². The number of rotatable bonds is 7. The molecule has 0 N–H and O–H groups in total. The van der Waals surface area contributed by atoms with Crippen LogP contribution in [0.2, 0.25) is 0 Å². The maximum Gasteiger partial charge on any atom is 0.207 e. The van der Waals surface area contributed by atoms with Crippen molar-refractivity contribution < 1.29 is 16.8 Å². The van der Waals surface area contributed by atoms with Gasteiger partial charge in [0.1, 0.15) is 0 Å². The van der Waals surface area contributed by atoms with E-state index in [1.807, 2.05) is 0 Å². The minimum Gasteiger partial charge on any atom is -0.218 e. The van der Waals surface area contributed by atoms with Crippen LogP contribution in [0.1, 0.15) is 11.1 Å². The van der Waals surface area contributed by atoms with Gasteiger partial charge in [-0.3, -0.25) is 0 Å². The Morgan fingerprint density at radius 2 is 0.676 bits per heavy atom. The van der Waals surface area contributed by atoms with E-state index in [9.17, 15) is 16.8 Å². The van der Waals surface area contributed by atoms with Crippen molar-refractivity contribution >= 4 is 29.5 Å². The van der Waals surface area contributed by atoms with Crippen molar-refractivity contribution in [3.8, 4) is 0 Å². The Bertz CT molecular complexity index is 1400. The summed E-state index contributed by atoms with van der Waals surface area (Å²) in [6.45, 7) is 0. The van der Waals surface area contributed by atoms with Gasteiger partial charge in [0.2, 0.25) is 19.7 Å². The zero-order valence-electron chi connectivity index (χ0n) is 18.2. The van der Waals surface area contributed by atoms with E-state index in [0.29, 0.717) is 11.1 Å². The monoisotopic (exact) mass is 486 g/mol. The van der Waals surface area contributed by atoms with Crippen LogP contribution < -0.4 is 0 Å². The molecule has 34 heavy (non-hydrogen) atoms. The number of hydrogen-bond acceptors (Lipinski definition) is 4. The van der Waals surface area contributed by atoms with Crippen LogP contribution in [0.4, 0.5) is 0 Å². The average molecular weight is 487 g/mol. The molecule has 0 amide bonds. The van der Waals surface area contributed by atoms with Gasteiger partial charge in [0.05, 0.1) is 19.6 Å². The molecule has 0 aliphatic carbocycles. The van der Waals surface area contributed by atoms with Gasteiger partial charge in [-0.15, -0.1) is 0 Å². The zero-order valence-corrected chi connectivity index (χ0v) is 19.8. The fraction of sp³-hybridized carbons (Fsp3) is 0. The molecule has 4 aromatic carbocycles. The fourth-order valence-electron chi connectivity index (χ4n) is 3.49. The van der Waals surface area contributed by atoms with Gasteiger partial charge in [-0.1, -0.05) is 97.1 Å². The predicted octanol–water partition coefficient (Wildman–Crippen LogP) is 6.02. The molecule has 0 saturated carbocycles. The van der Waals surface area contributed by atoms with E-state index in [0.717, 1.165) is 0 Å². The van der Waals surface area contributed by atoms with Gasteiger partial charge < -0.3 is 0 Å². The SMILES string of the molecule is O=S(=O)(/C(=C\C=C(\c1ccccc1)S(=O)(=O)c1ccccc1)c1ccccc1)c1ccccc1. The maximum absolute atomic E-state index is 13.6. The topological polar surface area (TPSA) is 68.3 Å². The molecule has 0 radical (unpaired) electrons. The molecule has 4 rings (SSSR count). The molecule has 0 aromatic heterocycles. The molecule has 0 spiro atoms. The first-order chi connectivity index (χ1) is 16.4. The summed E-state index contributed by atoms with van der Waals surface area (Å²) in [4.78, 5) is 0.281. The van der Waals surface area contributed by atoms with Crippen LogP contribution in [0.25, 0.3) is 9.81 Å². The first-order valence-electron chi connectivity index (χ1n) is 10.5. The molecular formula is C28H22O4S2. The summed E-state index contributed by atoms with van der Waals surface area (Å²) in [7, 11) is -7.84. The van der Waals surface area contributed by atoms with Crippen LogP contribution in [0, 0.1) is 0 Å². The van der Waals surface area contributed by atoms with Crippen molar-refractivity contribution in [2.24, 2.45) is 0 Å². The molecule has 170 valence electrons. The van der Waals surface area contributed by atoms with Crippen molar-refractivity contribution in [1.29, 1.82) is 0 Å². The zero-order chi connectivity index (χ0) is 24.0. The second-order valence-corrected chi connectivity index (χ2v) is 11.3. The smallest absolute Gasteiger partial charge is 0.207 e. The molecule has 6 heteroatoms. The van der Waals surface area contributed by atoms with Gasteiger partial charge in [-0.25, -0.2) is 16.8 Å². The van der Waals surface area contributed by atoms with Crippen LogP contribution in [-0.2, 0) is 19.7 Å². The summed E-state index contributed by atoms with van der Waals surface area (Å²) in [6.07, 6.45) is 2.75. The van der Waals surface area contributed by atoms with Gasteiger partial charge >= 0.3 is 0 Å². The Labute approximate surface area is 200 Å². The number of hydrogen-bond donors (Lipinski definition) is 0. The molecule has 0 bridgehead atoms. The number of sulfone groups is 2. The summed E-state index contributed by atoms with van der Waals surface area (Å²) < 4.78 is 54.2. The van der Waals surface area contributed by atoms with Crippen molar-refractivity contribution in [3.63, 3.8) is 0 Å². The normalized spacial score (nSPS) is 12.9. The highest BCUT2D eigenvalue weighted by Gasteiger charge is 2.24. The quantitative estimate of drug-likeness (QED) is 0.300. The second-order valence-electron chi connectivity index (χ2n) is 7.43. The number of allylic oxidation sites excluding steroid dienone is 2. The van der Waals surface area contributed by atoms with E-state index < -0.39 is 19.7 Å². The van der Waals surface area contributed by atoms with E-state index in [1.54, 1.807) is 97.1 Å². The Hall–Kier alpha value is -3.74. The molecule has 0 atom stereocenters. The lowest BCUT2D eigenvalue weighted by atomic mass is 10.2. The molecular weight excluding hydrogens is 464 g/mol. The highest BCUT2D eigenvalue weighted by Crippen LogP contribution is 2.31. The molecule has 0 unspecified atom stereocenters. The minimum absolute atomic E-state index is 0.0102. The molecule has 0 aliphatic heterocycles. The molecule has 4 nitrogen and oxygen atoms in total. The first kappa shape index (κ1) is 23.4. The largest absolute Gasteiger partial charge is 0.218 e. The first-order valence-corrected chi connectivity index (χ1v) is 13.5. The lowest BCUT2D eigenvalue weighted by molar-refractivity contribution is 0.604. The summed E-state index contributed by atoms with van der Waals surface area (Å²) in [5.41, 5.74) is 0.930. The minimum atomic E-state index is -3.92. The Kier molecular flexibility index (Phi) is 6.91. The molecule has 0 fully saturated rings. The number of benzene rings is 4. The third kappa shape index (κ3) is 4.93. The lowest BCUT2D eigenvalue weighted by Gasteiger charge is -2.12. The third-order valence-corrected chi connectivity index (χ3v) is 8.88. The van der Waals surface area contributed by atoms with Crippen LogP contribution in [0.3, 0.4) is 0 Å². The van der Waals surface area contributed by atoms with Crippen LogP contribution in [-0.4, -0.2) is 16.8 Å². The molecule has 0 aliphatic rings. The van der Waals surface area contributed by atoms with Crippen molar-refractivity contribution in [3.05, 3.63) is 145 Å². The maximum atomic E-state index is 13.6. The standard InChI is InChI=1S/C28H22O4S2/c29-33(30,25-17-9-3-10-18-25)27(23-13-5-1-6-14-23)21-22-28(24-15-7-2-8-16-24)34(31,32)26-19-11-4-12-20-26/h1-22H/b27-21-,28-22-. The summed E-state index contributed by atoms with van der Waals surface area (Å²) >= 11 is 0.